The van der Waals surface area contributed by atoms with Crippen LogP contribution in [0.3, 0.4) is 0 Å². The zero-order valence-corrected chi connectivity index (χ0v) is 12.5. The van der Waals surface area contributed by atoms with Crippen molar-refractivity contribution in [1.29, 1.82) is 0 Å². The molecular formula is C15H16N4O4. The number of rotatable bonds is 8. The topological polar surface area (TPSA) is 98.8 Å². The van der Waals surface area contributed by atoms with Gasteiger partial charge in [0.1, 0.15) is 12.7 Å². The van der Waals surface area contributed by atoms with Crippen molar-refractivity contribution in [3.05, 3.63) is 48.6 Å². The summed E-state index contributed by atoms with van der Waals surface area (Å²) in [6, 6.07) is 3.53. The first-order chi connectivity index (χ1) is 11.1. The molecule has 0 atom stereocenters. The molecule has 0 radical (unpaired) electrons. The molecule has 0 spiro atoms. The van der Waals surface area contributed by atoms with Gasteiger partial charge in [-0.1, -0.05) is 6.08 Å². The van der Waals surface area contributed by atoms with Crippen LogP contribution in [0.5, 0.6) is 11.5 Å². The third-order valence-electron chi connectivity index (χ3n) is 2.82. The minimum Gasteiger partial charge on any atom is -0.493 e. The van der Waals surface area contributed by atoms with Crippen LogP contribution in [-0.4, -0.2) is 45.9 Å². The lowest BCUT2D eigenvalue weighted by Crippen LogP contribution is -2.11. The van der Waals surface area contributed by atoms with Crippen molar-refractivity contribution in [2.75, 3.05) is 13.7 Å². The summed E-state index contributed by atoms with van der Waals surface area (Å²) in [7, 11) is 1.49. The van der Waals surface area contributed by atoms with Gasteiger partial charge in [-0.2, -0.15) is 5.10 Å². The van der Waals surface area contributed by atoms with Gasteiger partial charge in [0.2, 0.25) is 0 Å². The second-order valence-corrected chi connectivity index (χ2v) is 4.47. The van der Waals surface area contributed by atoms with Crippen molar-refractivity contribution < 1.29 is 19.4 Å². The van der Waals surface area contributed by atoms with Crippen LogP contribution < -0.4 is 9.47 Å². The monoisotopic (exact) mass is 316 g/mol. The number of aliphatic carboxylic acids is 1. The summed E-state index contributed by atoms with van der Waals surface area (Å²) in [5.41, 5.74) is 1.51. The molecule has 1 N–H and O–H groups in total. The van der Waals surface area contributed by atoms with Gasteiger partial charge >= 0.3 is 5.97 Å². The molecule has 0 aliphatic heterocycles. The third kappa shape index (κ3) is 4.40. The molecular weight excluding hydrogens is 300 g/mol. The van der Waals surface area contributed by atoms with Crippen LogP contribution in [0, 0.1) is 0 Å². The molecule has 1 aromatic carbocycles. The first-order valence-electron chi connectivity index (χ1n) is 6.69. The Labute approximate surface area is 132 Å². The Hall–Kier alpha value is -3.16. The molecule has 8 heteroatoms. The number of methoxy groups -OCH3 is 1. The standard InChI is InChI=1S/C15H16N4O4/c1-3-4-12-5-11(7-18-19-9-16-17-10-19)6-13(22-2)15(12)23-8-14(20)21/h3,5-7,9-10H,1,4,8H2,2H3,(H,20,21)/b18-7-. The molecule has 0 saturated heterocycles. The number of carboxylic acids is 1. The van der Waals surface area contributed by atoms with Crippen LogP contribution in [0.2, 0.25) is 0 Å². The number of carboxylic acid groups (broad SMARTS) is 1. The minimum absolute atomic E-state index is 0.385. The smallest absolute Gasteiger partial charge is 0.341 e. The van der Waals surface area contributed by atoms with Gasteiger partial charge in [-0.15, -0.1) is 16.8 Å². The first-order valence-corrected chi connectivity index (χ1v) is 6.69. The lowest BCUT2D eigenvalue weighted by molar-refractivity contribution is -0.139. The van der Waals surface area contributed by atoms with Gasteiger partial charge in [-0.3, -0.25) is 0 Å². The Morgan fingerprint density at radius 3 is 2.78 bits per heavy atom. The third-order valence-corrected chi connectivity index (χ3v) is 2.82. The Balaban J connectivity index is 2.35. The largest absolute Gasteiger partial charge is 0.493 e. The fourth-order valence-electron chi connectivity index (χ4n) is 1.90. The molecule has 1 heterocycles. The first kappa shape index (κ1) is 16.2. The Morgan fingerprint density at radius 1 is 1.43 bits per heavy atom. The van der Waals surface area contributed by atoms with E-state index in [2.05, 4.69) is 21.9 Å². The summed E-state index contributed by atoms with van der Waals surface area (Å²) in [6.07, 6.45) is 6.73. The van der Waals surface area contributed by atoms with E-state index in [0.29, 0.717) is 17.9 Å². The summed E-state index contributed by atoms with van der Waals surface area (Å²) in [5.74, 6) is -0.248. The average molecular weight is 316 g/mol. The number of nitrogens with zero attached hydrogens (tertiary/aromatic N) is 4. The summed E-state index contributed by atoms with van der Waals surface area (Å²) in [5, 5.41) is 20.3. The van der Waals surface area contributed by atoms with E-state index in [9.17, 15) is 4.79 Å². The number of hydrogen-bond donors (Lipinski definition) is 1. The normalized spacial score (nSPS) is 10.7. The maximum atomic E-state index is 10.7. The Morgan fingerprint density at radius 2 is 2.17 bits per heavy atom. The second kappa shape index (κ2) is 7.74. The van der Waals surface area contributed by atoms with E-state index in [1.165, 1.54) is 24.4 Å². The van der Waals surface area contributed by atoms with E-state index in [-0.39, 0.29) is 0 Å². The lowest BCUT2D eigenvalue weighted by atomic mass is 10.1. The highest BCUT2D eigenvalue weighted by Gasteiger charge is 2.13. The summed E-state index contributed by atoms with van der Waals surface area (Å²) >= 11 is 0. The van der Waals surface area contributed by atoms with Crippen molar-refractivity contribution >= 4 is 12.2 Å². The molecule has 2 rings (SSSR count). The molecule has 120 valence electrons. The summed E-state index contributed by atoms with van der Waals surface area (Å²) < 4.78 is 12.1. The quantitative estimate of drug-likeness (QED) is 0.583. The van der Waals surface area contributed by atoms with Crippen LogP contribution >= 0.6 is 0 Å². The molecule has 2 aromatic rings. The molecule has 1 aromatic heterocycles. The SMILES string of the molecule is C=CCc1cc(/C=N\n2cnnc2)cc(OC)c1OCC(=O)O. The van der Waals surface area contributed by atoms with Gasteiger partial charge in [0, 0.05) is 5.56 Å². The van der Waals surface area contributed by atoms with Crippen LogP contribution in [-0.2, 0) is 11.2 Å². The number of ether oxygens (including phenoxy) is 2. The predicted octanol–water partition coefficient (Wildman–Crippen LogP) is 1.36. The fourth-order valence-corrected chi connectivity index (χ4v) is 1.90. The van der Waals surface area contributed by atoms with Crippen molar-refractivity contribution in [1.82, 2.24) is 14.9 Å². The van der Waals surface area contributed by atoms with Crippen LogP contribution in [0.25, 0.3) is 0 Å². The minimum atomic E-state index is -1.06. The number of allylic oxidation sites excluding steroid dienone is 1. The van der Waals surface area contributed by atoms with Gasteiger partial charge in [0.25, 0.3) is 0 Å². The Kier molecular flexibility index (Phi) is 5.45. The van der Waals surface area contributed by atoms with E-state index >= 15 is 0 Å². The number of benzene rings is 1. The number of carbonyl (C=O) groups is 1. The van der Waals surface area contributed by atoms with E-state index in [0.717, 1.165) is 11.1 Å². The molecule has 23 heavy (non-hydrogen) atoms. The summed E-state index contributed by atoms with van der Waals surface area (Å²) in [6.45, 7) is 3.25. The van der Waals surface area contributed by atoms with E-state index in [1.54, 1.807) is 18.4 Å². The number of aromatic nitrogens is 3. The van der Waals surface area contributed by atoms with Gasteiger partial charge in [-0.05, 0) is 24.1 Å². The highest BCUT2D eigenvalue weighted by Crippen LogP contribution is 2.33. The van der Waals surface area contributed by atoms with E-state index < -0.39 is 12.6 Å². The lowest BCUT2D eigenvalue weighted by Gasteiger charge is -2.14. The zero-order chi connectivity index (χ0) is 16.7. The second-order valence-electron chi connectivity index (χ2n) is 4.47. The zero-order valence-electron chi connectivity index (χ0n) is 12.5. The highest BCUT2D eigenvalue weighted by molar-refractivity contribution is 5.81. The maximum absolute atomic E-state index is 10.7. The molecule has 0 aliphatic rings. The highest BCUT2D eigenvalue weighted by atomic mass is 16.5. The van der Waals surface area contributed by atoms with Crippen molar-refractivity contribution in [2.24, 2.45) is 5.10 Å². The molecule has 0 aliphatic carbocycles. The molecule has 0 fully saturated rings. The van der Waals surface area contributed by atoms with Crippen molar-refractivity contribution in [3.8, 4) is 11.5 Å². The summed E-state index contributed by atoms with van der Waals surface area (Å²) in [4.78, 5) is 10.7. The van der Waals surface area contributed by atoms with Gasteiger partial charge in [0.05, 0.1) is 13.3 Å². The van der Waals surface area contributed by atoms with Gasteiger partial charge in [0.15, 0.2) is 18.1 Å². The van der Waals surface area contributed by atoms with Crippen LogP contribution in [0.1, 0.15) is 11.1 Å². The molecule has 8 nitrogen and oxygen atoms in total. The van der Waals surface area contributed by atoms with Crippen molar-refractivity contribution in [3.63, 3.8) is 0 Å². The average Bonchev–Trinajstić information content (AvgIpc) is 3.04. The van der Waals surface area contributed by atoms with E-state index in [4.69, 9.17) is 14.6 Å². The van der Waals surface area contributed by atoms with Crippen LogP contribution in [0.15, 0.2) is 42.5 Å². The van der Waals surface area contributed by atoms with Gasteiger partial charge < -0.3 is 14.6 Å². The maximum Gasteiger partial charge on any atom is 0.341 e. The fraction of sp³-hybridized carbons (Fsp3) is 0.200. The molecule has 0 amide bonds. The van der Waals surface area contributed by atoms with Gasteiger partial charge in [-0.25, -0.2) is 9.47 Å². The van der Waals surface area contributed by atoms with E-state index in [1.807, 2.05) is 6.07 Å². The van der Waals surface area contributed by atoms with Crippen LogP contribution in [0.4, 0.5) is 0 Å². The number of hydrogen-bond acceptors (Lipinski definition) is 6. The predicted molar refractivity (Wildman–Crippen MR) is 83.0 cm³/mol. The molecule has 0 unspecified atom stereocenters. The Bertz CT molecular complexity index is 711. The molecule has 0 saturated carbocycles. The molecule has 0 bridgehead atoms. The van der Waals surface area contributed by atoms with Crippen molar-refractivity contribution in [2.45, 2.75) is 6.42 Å².